The van der Waals surface area contributed by atoms with Crippen molar-refractivity contribution >= 4 is 33.2 Å². The molecule has 26 heavy (non-hydrogen) atoms. The lowest BCUT2D eigenvalue weighted by molar-refractivity contribution is 0.0735. The van der Waals surface area contributed by atoms with Crippen LogP contribution in [0.2, 0.25) is 5.02 Å². The Balaban J connectivity index is 1.88. The number of para-hydroxylation sites is 1. The monoisotopic (exact) mass is 392 g/mol. The zero-order chi connectivity index (χ0) is 18.7. The summed E-state index contributed by atoms with van der Waals surface area (Å²) in [5.41, 5.74) is 0.751. The Bertz CT molecular complexity index is 894. The summed E-state index contributed by atoms with van der Waals surface area (Å²) >= 11 is 6.11. The molecule has 1 fully saturated rings. The van der Waals surface area contributed by atoms with Gasteiger partial charge >= 0.3 is 0 Å². The van der Waals surface area contributed by atoms with Gasteiger partial charge in [0.25, 0.3) is 15.9 Å². The van der Waals surface area contributed by atoms with Crippen molar-refractivity contribution in [3.05, 3.63) is 59.1 Å². The van der Waals surface area contributed by atoms with Crippen molar-refractivity contribution in [3.8, 4) is 0 Å². The number of benzene rings is 2. The van der Waals surface area contributed by atoms with Gasteiger partial charge in [0.05, 0.1) is 5.02 Å². The van der Waals surface area contributed by atoms with E-state index in [1.54, 1.807) is 48.3 Å². The van der Waals surface area contributed by atoms with Crippen LogP contribution in [0.1, 0.15) is 36.0 Å². The van der Waals surface area contributed by atoms with Crippen molar-refractivity contribution < 1.29 is 13.2 Å². The molecule has 1 amide bonds. The number of amides is 1. The van der Waals surface area contributed by atoms with Gasteiger partial charge in [-0.3, -0.25) is 9.52 Å². The molecule has 0 radical (unpaired) electrons. The first kappa shape index (κ1) is 18.7. The Morgan fingerprint density at radius 1 is 1.12 bits per heavy atom. The highest BCUT2D eigenvalue weighted by Gasteiger charge is 2.26. The number of halogens is 1. The Hall–Kier alpha value is -2.05. The normalized spacial score (nSPS) is 15.0. The van der Waals surface area contributed by atoms with Crippen LogP contribution < -0.4 is 4.72 Å². The van der Waals surface area contributed by atoms with Crippen LogP contribution in [-0.4, -0.2) is 32.3 Å². The third kappa shape index (κ3) is 4.02. The molecule has 3 rings (SSSR count). The first-order valence-electron chi connectivity index (χ1n) is 8.53. The molecule has 1 aliphatic carbocycles. The number of hydrogen-bond donors (Lipinski definition) is 1. The smallest absolute Gasteiger partial charge is 0.263 e. The summed E-state index contributed by atoms with van der Waals surface area (Å²) in [5.74, 6) is -0.190. The maximum Gasteiger partial charge on any atom is 0.263 e. The second-order valence-electron chi connectivity index (χ2n) is 6.47. The van der Waals surface area contributed by atoms with Crippen LogP contribution in [0.4, 0.5) is 5.69 Å². The highest BCUT2D eigenvalue weighted by molar-refractivity contribution is 7.92. The number of carbonyl (C=O) groups is 1. The van der Waals surface area contributed by atoms with Crippen LogP contribution in [-0.2, 0) is 10.0 Å². The molecule has 0 aliphatic heterocycles. The first-order valence-corrected chi connectivity index (χ1v) is 10.4. The molecule has 0 saturated heterocycles. The molecule has 1 saturated carbocycles. The van der Waals surface area contributed by atoms with Crippen molar-refractivity contribution in [2.75, 3.05) is 11.8 Å². The Morgan fingerprint density at radius 2 is 1.77 bits per heavy atom. The zero-order valence-electron chi connectivity index (χ0n) is 14.5. The number of carbonyl (C=O) groups excluding carboxylic acids is 1. The van der Waals surface area contributed by atoms with Crippen molar-refractivity contribution in [2.45, 2.75) is 36.6 Å². The maximum absolute atomic E-state index is 12.7. The van der Waals surface area contributed by atoms with E-state index in [4.69, 9.17) is 11.6 Å². The second kappa shape index (κ2) is 7.68. The van der Waals surface area contributed by atoms with Gasteiger partial charge in [-0.25, -0.2) is 8.42 Å². The number of nitrogens with zero attached hydrogens (tertiary/aromatic N) is 1. The lowest BCUT2D eigenvalue weighted by atomic mass is 10.1. The minimum absolute atomic E-state index is 0.0773. The number of sulfonamides is 1. The Morgan fingerprint density at radius 3 is 2.42 bits per heavy atom. The topological polar surface area (TPSA) is 66.5 Å². The predicted molar refractivity (Wildman–Crippen MR) is 103 cm³/mol. The average Bonchev–Trinajstić information content (AvgIpc) is 3.16. The van der Waals surface area contributed by atoms with Gasteiger partial charge in [-0.2, -0.15) is 0 Å². The summed E-state index contributed by atoms with van der Waals surface area (Å²) in [6.07, 6.45) is 4.19. The Kier molecular flexibility index (Phi) is 5.53. The summed E-state index contributed by atoms with van der Waals surface area (Å²) in [6.45, 7) is 0. The molecule has 5 nitrogen and oxygen atoms in total. The second-order valence-corrected chi connectivity index (χ2v) is 8.53. The molecule has 1 aliphatic rings. The summed E-state index contributed by atoms with van der Waals surface area (Å²) in [6, 6.07) is 13.1. The van der Waals surface area contributed by atoms with Crippen molar-refractivity contribution in [1.29, 1.82) is 0 Å². The van der Waals surface area contributed by atoms with E-state index in [9.17, 15) is 13.2 Å². The highest BCUT2D eigenvalue weighted by Crippen LogP contribution is 2.27. The summed E-state index contributed by atoms with van der Waals surface area (Å²) in [7, 11) is -2.13. The fourth-order valence-corrected chi connectivity index (χ4v) is 4.81. The lowest BCUT2D eigenvalue weighted by Gasteiger charge is -2.24. The van der Waals surface area contributed by atoms with E-state index < -0.39 is 10.0 Å². The van der Waals surface area contributed by atoms with Gasteiger partial charge < -0.3 is 4.90 Å². The predicted octanol–water partition coefficient (Wildman–Crippen LogP) is 4.16. The van der Waals surface area contributed by atoms with E-state index in [0.29, 0.717) is 11.3 Å². The molecule has 1 N–H and O–H groups in total. The quantitative estimate of drug-likeness (QED) is 0.830. The van der Waals surface area contributed by atoms with Gasteiger partial charge in [-0.15, -0.1) is 0 Å². The number of anilines is 1. The SMILES string of the molecule is CN(C(=O)c1ccc(Cl)c(S(=O)(=O)Nc2ccccc2)c1)C1CCCC1. The fourth-order valence-electron chi connectivity index (χ4n) is 3.22. The van der Waals surface area contributed by atoms with E-state index in [1.807, 2.05) is 0 Å². The van der Waals surface area contributed by atoms with Gasteiger partial charge in [0.1, 0.15) is 4.90 Å². The molecule has 0 heterocycles. The van der Waals surface area contributed by atoms with Crippen molar-refractivity contribution in [1.82, 2.24) is 4.90 Å². The lowest BCUT2D eigenvalue weighted by Crippen LogP contribution is -2.35. The minimum atomic E-state index is -3.90. The largest absolute Gasteiger partial charge is 0.339 e. The molecule has 7 heteroatoms. The van der Waals surface area contributed by atoms with Gasteiger partial charge in [0.15, 0.2) is 0 Å². The molecule has 0 atom stereocenters. The van der Waals surface area contributed by atoms with Crippen LogP contribution in [0.3, 0.4) is 0 Å². The Labute approximate surface area is 159 Å². The molecule has 0 aromatic heterocycles. The molecular formula is C19H21ClN2O3S. The van der Waals surface area contributed by atoms with Crippen LogP contribution in [0, 0.1) is 0 Å². The molecule has 2 aromatic carbocycles. The number of nitrogens with one attached hydrogen (secondary N) is 1. The molecular weight excluding hydrogens is 372 g/mol. The van der Waals surface area contributed by atoms with Gasteiger partial charge in [0.2, 0.25) is 0 Å². The summed E-state index contributed by atoms with van der Waals surface area (Å²) in [4.78, 5) is 14.4. The van der Waals surface area contributed by atoms with Crippen molar-refractivity contribution in [2.24, 2.45) is 0 Å². The maximum atomic E-state index is 12.7. The third-order valence-corrected chi connectivity index (χ3v) is 6.55. The third-order valence-electron chi connectivity index (χ3n) is 4.69. The van der Waals surface area contributed by atoms with E-state index in [-0.39, 0.29) is 21.9 Å². The first-order chi connectivity index (χ1) is 12.4. The van der Waals surface area contributed by atoms with E-state index in [1.165, 1.54) is 12.1 Å². The van der Waals surface area contributed by atoms with E-state index >= 15 is 0 Å². The van der Waals surface area contributed by atoms with E-state index in [2.05, 4.69) is 4.72 Å². The number of rotatable bonds is 5. The summed E-state index contributed by atoms with van der Waals surface area (Å²) < 4.78 is 27.9. The van der Waals surface area contributed by atoms with Crippen molar-refractivity contribution in [3.63, 3.8) is 0 Å². The van der Waals surface area contributed by atoms with Crippen LogP contribution >= 0.6 is 11.6 Å². The van der Waals surface area contributed by atoms with Crippen LogP contribution in [0.25, 0.3) is 0 Å². The van der Waals surface area contributed by atoms with Gasteiger partial charge in [-0.05, 0) is 43.2 Å². The molecule has 2 aromatic rings. The molecule has 0 spiro atoms. The zero-order valence-corrected chi connectivity index (χ0v) is 16.1. The minimum Gasteiger partial charge on any atom is -0.339 e. The number of hydrogen-bond acceptors (Lipinski definition) is 3. The molecule has 0 unspecified atom stereocenters. The average molecular weight is 393 g/mol. The highest BCUT2D eigenvalue weighted by atomic mass is 35.5. The van der Waals surface area contributed by atoms with Crippen LogP contribution in [0.5, 0.6) is 0 Å². The molecule has 0 bridgehead atoms. The van der Waals surface area contributed by atoms with Crippen LogP contribution in [0.15, 0.2) is 53.4 Å². The standard InChI is InChI=1S/C19H21ClN2O3S/c1-22(16-9-5-6-10-16)19(23)14-11-12-17(20)18(13-14)26(24,25)21-15-7-3-2-4-8-15/h2-4,7-8,11-13,16,21H,5-6,9-10H2,1H3. The molecule has 138 valence electrons. The summed E-state index contributed by atoms with van der Waals surface area (Å²) in [5, 5.41) is 0.0773. The van der Waals surface area contributed by atoms with Gasteiger partial charge in [-0.1, -0.05) is 42.6 Å². The van der Waals surface area contributed by atoms with E-state index in [0.717, 1.165) is 25.7 Å². The fraction of sp³-hybridized carbons (Fsp3) is 0.316. The van der Waals surface area contributed by atoms with Gasteiger partial charge in [0, 0.05) is 24.3 Å².